The number of nitrogens with zero attached hydrogens (tertiary/aromatic N) is 2. The van der Waals surface area contributed by atoms with Gasteiger partial charge in [0.1, 0.15) is 0 Å². The molecule has 0 radical (unpaired) electrons. The van der Waals surface area contributed by atoms with Crippen molar-refractivity contribution in [3.8, 4) is 11.3 Å². The van der Waals surface area contributed by atoms with Crippen molar-refractivity contribution < 1.29 is 0 Å². The topological polar surface area (TPSA) is 17.3 Å². The smallest absolute Gasteiger partial charge is 0.194 e. The molecule has 0 aliphatic heterocycles. The molecule has 3 rings (SSSR count). The number of thiazole rings is 1. The summed E-state index contributed by atoms with van der Waals surface area (Å²) >= 11 is 1.76. The predicted octanol–water partition coefficient (Wildman–Crippen LogP) is 3.99. The van der Waals surface area contributed by atoms with Crippen LogP contribution in [-0.2, 0) is 0 Å². The molecule has 3 aromatic rings. The maximum absolute atomic E-state index is 4.65. The Kier molecular flexibility index (Phi) is 2.30. The molecule has 17 heavy (non-hydrogen) atoms. The maximum atomic E-state index is 4.65. The van der Waals surface area contributed by atoms with Gasteiger partial charge in [-0.15, -0.1) is 11.3 Å². The number of hydrogen-bond donors (Lipinski definition) is 0. The first kappa shape index (κ1) is 10.5. The van der Waals surface area contributed by atoms with Crippen LogP contribution in [0.4, 0.5) is 0 Å². The van der Waals surface area contributed by atoms with Crippen molar-refractivity contribution in [3.63, 3.8) is 0 Å². The van der Waals surface area contributed by atoms with Crippen LogP contribution in [0.2, 0.25) is 0 Å². The molecule has 0 N–H and O–H groups in total. The van der Waals surface area contributed by atoms with Gasteiger partial charge in [-0.1, -0.05) is 30.3 Å². The lowest BCUT2D eigenvalue weighted by molar-refractivity contribution is 1.11. The third kappa shape index (κ3) is 1.50. The quantitative estimate of drug-likeness (QED) is 0.630. The van der Waals surface area contributed by atoms with Gasteiger partial charge in [-0.25, -0.2) is 4.98 Å². The van der Waals surface area contributed by atoms with Gasteiger partial charge in [-0.05, 0) is 20.8 Å². The Morgan fingerprint density at radius 3 is 2.47 bits per heavy atom. The molecule has 1 aromatic carbocycles. The summed E-state index contributed by atoms with van der Waals surface area (Å²) in [7, 11) is 0. The van der Waals surface area contributed by atoms with Crippen molar-refractivity contribution in [2.24, 2.45) is 0 Å². The van der Waals surface area contributed by atoms with Gasteiger partial charge in [-0.2, -0.15) is 0 Å². The fourth-order valence-electron chi connectivity index (χ4n) is 2.19. The minimum absolute atomic E-state index is 1.09. The van der Waals surface area contributed by atoms with Crippen LogP contribution in [0.3, 0.4) is 0 Å². The Morgan fingerprint density at radius 1 is 1.06 bits per heavy atom. The lowest BCUT2D eigenvalue weighted by Gasteiger charge is -2.03. The Hall–Kier alpha value is -1.61. The number of aromatic nitrogens is 2. The maximum Gasteiger partial charge on any atom is 0.194 e. The highest BCUT2D eigenvalue weighted by Gasteiger charge is 2.15. The molecule has 0 amide bonds. The molecule has 0 aliphatic carbocycles. The van der Waals surface area contributed by atoms with Gasteiger partial charge in [0.05, 0.1) is 11.4 Å². The molecular weight excluding hydrogens is 228 g/mol. The molecule has 2 aromatic heterocycles. The van der Waals surface area contributed by atoms with Crippen LogP contribution in [0, 0.1) is 20.8 Å². The van der Waals surface area contributed by atoms with E-state index in [4.69, 9.17) is 0 Å². The van der Waals surface area contributed by atoms with E-state index in [0.29, 0.717) is 0 Å². The summed E-state index contributed by atoms with van der Waals surface area (Å²) in [5.41, 5.74) is 4.86. The van der Waals surface area contributed by atoms with E-state index in [1.54, 1.807) is 11.3 Å². The molecule has 86 valence electrons. The van der Waals surface area contributed by atoms with Crippen LogP contribution < -0.4 is 0 Å². The van der Waals surface area contributed by atoms with E-state index in [2.05, 4.69) is 54.4 Å². The highest BCUT2D eigenvalue weighted by molar-refractivity contribution is 7.17. The minimum atomic E-state index is 1.09. The van der Waals surface area contributed by atoms with E-state index in [1.807, 2.05) is 6.07 Å². The van der Waals surface area contributed by atoms with Crippen molar-refractivity contribution in [2.75, 3.05) is 0 Å². The third-order valence-corrected chi connectivity index (χ3v) is 4.22. The summed E-state index contributed by atoms with van der Waals surface area (Å²) in [5.74, 6) is 0. The lowest BCUT2D eigenvalue weighted by atomic mass is 10.1. The molecule has 0 unspecified atom stereocenters. The van der Waals surface area contributed by atoms with Crippen LogP contribution in [0.1, 0.15) is 16.3 Å². The van der Waals surface area contributed by atoms with Crippen LogP contribution in [0.25, 0.3) is 16.2 Å². The first-order valence-electron chi connectivity index (χ1n) is 5.69. The summed E-state index contributed by atoms with van der Waals surface area (Å²) in [5, 5.41) is 0. The van der Waals surface area contributed by atoms with Crippen molar-refractivity contribution in [1.29, 1.82) is 0 Å². The summed E-state index contributed by atoms with van der Waals surface area (Å²) in [4.78, 5) is 7.08. The molecule has 0 atom stereocenters. The number of fused-ring (bicyclic) bond motifs is 1. The lowest BCUT2D eigenvalue weighted by Crippen LogP contribution is -1.90. The summed E-state index contributed by atoms with van der Waals surface area (Å²) in [6, 6.07) is 10.5. The number of aryl methyl sites for hydroxylation is 3. The number of hydrogen-bond acceptors (Lipinski definition) is 2. The van der Waals surface area contributed by atoms with Gasteiger partial charge in [0.2, 0.25) is 0 Å². The highest BCUT2D eigenvalue weighted by atomic mass is 32.1. The molecule has 0 spiro atoms. The van der Waals surface area contributed by atoms with Crippen LogP contribution in [0.5, 0.6) is 0 Å². The van der Waals surface area contributed by atoms with Crippen molar-refractivity contribution >= 4 is 16.3 Å². The van der Waals surface area contributed by atoms with E-state index in [0.717, 1.165) is 10.7 Å². The zero-order valence-corrected chi connectivity index (χ0v) is 11.0. The molecule has 0 saturated heterocycles. The van der Waals surface area contributed by atoms with Gasteiger partial charge in [0.25, 0.3) is 0 Å². The molecule has 0 fully saturated rings. The number of benzene rings is 1. The second-order valence-electron chi connectivity index (χ2n) is 4.27. The molecule has 2 heterocycles. The first-order chi connectivity index (χ1) is 8.18. The number of imidazole rings is 1. The van der Waals surface area contributed by atoms with E-state index in [9.17, 15) is 0 Å². The van der Waals surface area contributed by atoms with Crippen LogP contribution >= 0.6 is 11.3 Å². The van der Waals surface area contributed by atoms with E-state index in [-0.39, 0.29) is 0 Å². The fourth-order valence-corrected chi connectivity index (χ4v) is 3.20. The third-order valence-electron chi connectivity index (χ3n) is 3.16. The Bertz CT molecular complexity index is 677. The molecule has 0 bridgehead atoms. The summed E-state index contributed by atoms with van der Waals surface area (Å²) in [6.07, 6.45) is 0. The monoisotopic (exact) mass is 242 g/mol. The summed E-state index contributed by atoms with van der Waals surface area (Å²) in [6.45, 7) is 6.39. The first-order valence-corrected chi connectivity index (χ1v) is 6.50. The van der Waals surface area contributed by atoms with E-state index >= 15 is 0 Å². The zero-order valence-electron chi connectivity index (χ0n) is 10.2. The van der Waals surface area contributed by atoms with E-state index < -0.39 is 0 Å². The van der Waals surface area contributed by atoms with Gasteiger partial charge < -0.3 is 0 Å². The second-order valence-corrected chi connectivity index (χ2v) is 5.46. The fraction of sp³-hybridized carbons (Fsp3) is 0.214. The van der Waals surface area contributed by atoms with Gasteiger partial charge in [0.15, 0.2) is 4.96 Å². The largest absolute Gasteiger partial charge is 0.287 e. The molecule has 0 saturated carbocycles. The Balaban J connectivity index is 2.39. The predicted molar refractivity (Wildman–Crippen MR) is 72.7 cm³/mol. The van der Waals surface area contributed by atoms with Gasteiger partial charge in [0, 0.05) is 16.1 Å². The zero-order chi connectivity index (χ0) is 12.0. The normalized spacial score (nSPS) is 11.2. The summed E-state index contributed by atoms with van der Waals surface area (Å²) < 4.78 is 2.27. The molecular formula is C14H14N2S. The van der Waals surface area contributed by atoms with Gasteiger partial charge in [-0.3, -0.25) is 4.40 Å². The standard InChI is InChI=1S/C14H14N2S/c1-9-13(12-7-5-4-6-8-12)16-10(2)11(3)17-14(16)15-9/h4-8H,1-3H3. The molecule has 3 heteroatoms. The van der Waals surface area contributed by atoms with Gasteiger partial charge >= 0.3 is 0 Å². The Morgan fingerprint density at radius 2 is 1.76 bits per heavy atom. The van der Waals surface area contributed by atoms with Crippen LogP contribution in [-0.4, -0.2) is 9.38 Å². The highest BCUT2D eigenvalue weighted by Crippen LogP contribution is 2.31. The number of rotatable bonds is 1. The average Bonchev–Trinajstić information content (AvgIpc) is 2.77. The van der Waals surface area contributed by atoms with E-state index in [1.165, 1.54) is 21.8 Å². The average molecular weight is 242 g/mol. The second kappa shape index (κ2) is 3.70. The SMILES string of the molecule is Cc1nc2sc(C)c(C)n2c1-c1ccccc1. The minimum Gasteiger partial charge on any atom is -0.287 e. The molecule has 0 aliphatic rings. The van der Waals surface area contributed by atoms with Crippen molar-refractivity contribution in [2.45, 2.75) is 20.8 Å². The van der Waals surface area contributed by atoms with Crippen LogP contribution in [0.15, 0.2) is 30.3 Å². The molecule has 2 nitrogen and oxygen atoms in total. The van der Waals surface area contributed by atoms with Crippen molar-refractivity contribution in [1.82, 2.24) is 9.38 Å². The Labute approximate surface area is 105 Å². The van der Waals surface area contributed by atoms with Crippen molar-refractivity contribution in [3.05, 3.63) is 46.6 Å².